The van der Waals surface area contributed by atoms with Crippen molar-refractivity contribution in [3.05, 3.63) is 35.4 Å². The minimum absolute atomic E-state index is 0.362. The van der Waals surface area contributed by atoms with Gasteiger partial charge in [-0.1, -0.05) is 31.2 Å². The minimum atomic E-state index is 0.362. The fraction of sp³-hybridized carbons (Fsp3) is 0.500. The van der Waals surface area contributed by atoms with Crippen molar-refractivity contribution in [2.24, 2.45) is 11.7 Å². The molecule has 0 aliphatic carbocycles. The van der Waals surface area contributed by atoms with Crippen LogP contribution in [0.25, 0.3) is 0 Å². The van der Waals surface area contributed by atoms with Crippen LogP contribution in [0.5, 0.6) is 0 Å². The molecule has 3 N–H and O–H groups in total. The highest BCUT2D eigenvalue weighted by Gasteiger charge is 2.17. The summed E-state index contributed by atoms with van der Waals surface area (Å²) < 4.78 is 0. The van der Waals surface area contributed by atoms with Gasteiger partial charge >= 0.3 is 0 Å². The molecule has 2 nitrogen and oxygen atoms in total. The molecule has 0 fully saturated rings. The molecule has 14 heavy (non-hydrogen) atoms. The smallest absolute Gasteiger partial charge is 0.0358 e. The third kappa shape index (κ3) is 2.34. The number of nitrogens with two attached hydrogens (primary N) is 1. The van der Waals surface area contributed by atoms with Gasteiger partial charge in [0.1, 0.15) is 0 Å². The Morgan fingerprint density at radius 2 is 2.00 bits per heavy atom. The standard InChI is InChI=1S/C12H20N2/c1-9-6-4-5-7-11(9)12(14-3)10(2)8-13/h4-7,10,12,14H,8,13H2,1-3H3. The van der Waals surface area contributed by atoms with Crippen LogP contribution in [0.1, 0.15) is 24.1 Å². The molecule has 0 saturated heterocycles. The molecular weight excluding hydrogens is 172 g/mol. The van der Waals surface area contributed by atoms with Crippen LogP contribution < -0.4 is 11.1 Å². The molecule has 0 aliphatic rings. The Kier molecular flexibility index (Phi) is 4.11. The second kappa shape index (κ2) is 5.13. The zero-order valence-corrected chi connectivity index (χ0v) is 9.25. The first-order valence-electron chi connectivity index (χ1n) is 5.13. The number of aryl methyl sites for hydroxylation is 1. The summed E-state index contributed by atoms with van der Waals surface area (Å²) in [4.78, 5) is 0. The molecule has 0 aliphatic heterocycles. The molecule has 2 unspecified atom stereocenters. The molecule has 1 rings (SSSR count). The number of benzene rings is 1. The van der Waals surface area contributed by atoms with Crippen molar-refractivity contribution in [1.29, 1.82) is 0 Å². The molecule has 0 bridgehead atoms. The van der Waals surface area contributed by atoms with E-state index in [0.717, 1.165) is 0 Å². The Balaban J connectivity index is 2.94. The highest BCUT2D eigenvalue weighted by atomic mass is 14.9. The van der Waals surface area contributed by atoms with Crippen molar-refractivity contribution in [3.63, 3.8) is 0 Å². The normalized spacial score (nSPS) is 15.1. The van der Waals surface area contributed by atoms with Gasteiger partial charge in [-0.3, -0.25) is 0 Å². The fourth-order valence-corrected chi connectivity index (χ4v) is 1.82. The quantitative estimate of drug-likeness (QED) is 0.764. The Labute approximate surface area is 86.5 Å². The van der Waals surface area contributed by atoms with Gasteiger partial charge in [-0.05, 0) is 37.6 Å². The highest BCUT2D eigenvalue weighted by Crippen LogP contribution is 2.23. The number of hydrogen-bond acceptors (Lipinski definition) is 2. The van der Waals surface area contributed by atoms with Crippen LogP contribution in [0.15, 0.2) is 24.3 Å². The van der Waals surface area contributed by atoms with Gasteiger partial charge in [0.15, 0.2) is 0 Å². The van der Waals surface area contributed by atoms with Crippen LogP contribution >= 0.6 is 0 Å². The molecule has 2 heteroatoms. The van der Waals surface area contributed by atoms with E-state index in [0.29, 0.717) is 18.5 Å². The lowest BCUT2D eigenvalue weighted by Crippen LogP contribution is -2.29. The first-order valence-corrected chi connectivity index (χ1v) is 5.13. The third-order valence-corrected chi connectivity index (χ3v) is 2.78. The summed E-state index contributed by atoms with van der Waals surface area (Å²) in [6, 6.07) is 8.82. The van der Waals surface area contributed by atoms with Crippen LogP contribution in [0.4, 0.5) is 0 Å². The molecule has 0 amide bonds. The zero-order valence-electron chi connectivity index (χ0n) is 9.25. The summed E-state index contributed by atoms with van der Waals surface area (Å²) in [5.74, 6) is 0.459. The lowest BCUT2D eigenvalue weighted by molar-refractivity contribution is 0.418. The van der Waals surface area contributed by atoms with Gasteiger partial charge < -0.3 is 11.1 Å². The summed E-state index contributed by atoms with van der Waals surface area (Å²) in [5.41, 5.74) is 8.38. The molecular formula is C12H20N2. The molecule has 0 spiro atoms. The van der Waals surface area contributed by atoms with Gasteiger partial charge in [-0.2, -0.15) is 0 Å². The lowest BCUT2D eigenvalue weighted by atomic mass is 9.92. The molecule has 0 saturated carbocycles. The second-order valence-corrected chi connectivity index (χ2v) is 3.84. The number of hydrogen-bond donors (Lipinski definition) is 2. The van der Waals surface area contributed by atoms with Gasteiger partial charge in [0, 0.05) is 6.04 Å². The average Bonchev–Trinajstić information content (AvgIpc) is 2.21. The summed E-state index contributed by atoms with van der Waals surface area (Å²) in [5, 5.41) is 3.33. The average molecular weight is 192 g/mol. The number of nitrogens with one attached hydrogen (secondary N) is 1. The van der Waals surface area contributed by atoms with Crippen LogP contribution in [0.3, 0.4) is 0 Å². The van der Waals surface area contributed by atoms with Crippen molar-refractivity contribution in [2.45, 2.75) is 19.9 Å². The molecule has 0 heterocycles. The van der Waals surface area contributed by atoms with Crippen molar-refractivity contribution in [2.75, 3.05) is 13.6 Å². The van der Waals surface area contributed by atoms with Crippen molar-refractivity contribution < 1.29 is 0 Å². The third-order valence-electron chi connectivity index (χ3n) is 2.78. The Morgan fingerprint density at radius 1 is 1.36 bits per heavy atom. The zero-order chi connectivity index (χ0) is 10.6. The predicted octanol–water partition coefficient (Wildman–Crippen LogP) is 1.85. The summed E-state index contributed by atoms with van der Waals surface area (Å²) >= 11 is 0. The molecule has 0 radical (unpaired) electrons. The minimum Gasteiger partial charge on any atom is -0.330 e. The lowest BCUT2D eigenvalue weighted by Gasteiger charge is -2.24. The monoisotopic (exact) mass is 192 g/mol. The van der Waals surface area contributed by atoms with Crippen LogP contribution in [0.2, 0.25) is 0 Å². The summed E-state index contributed by atoms with van der Waals surface area (Å²) in [6.45, 7) is 5.02. The molecule has 0 aromatic heterocycles. The maximum atomic E-state index is 5.70. The Bertz CT molecular complexity index is 283. The molecule has 1 aromatic carbocycles. The van der Waals surface area contributed by atoms with Crippen LogP contribution in [-0.4, -0.2) is 13.6 Å². The summed E-state index contributed by atoms with van der Waals surface area (Å²) in [7, 11) is 1.99. The van der Waals surface area contributed by atoms with E-state index in [2.05, 4.69) is 43.4 Å². The number of rotatable bonds is 4. The first kappa shape index (κ1) is 11.2. The van der Waals surface area contributed by atoms with Gasteiger partial charge in [-0.25, -0.2) is 0 Å². The fourth-order valence-electron chi connectivity index (χ4n) is 1.82. The van der Waals surface area contributed by atoms with E-state index in [-0.39, 0.29) is 0 Å². The highest BCUT2D eigenvalue weighted by molar-refractivity contribution is 5.29. The maximum Gasteiger partial charge on any atom is 0.0358 e. The second-order valence-electron chi connectivity index (χ2n) is 3.84. The van der Waals surface area contributed by atoms with Crippen molar-refractivity contribution in [3.8, 4) is 0 Å². The van der Waals surface area contributed by atoms with E-state index < -0.39 is 0 Å². The van der Waals surface area contributed by atoms with E-state index in [1.54, 1.807) is 0 Å². The van der Waals surface area contributed by atoms with E-state index in [9.17, 15) is 0 Å². The van der Waals surface area contributed by atoms with E-state index in [1.807, 2.05) is 7.05 Å². The van der Waals surface area contributed by atoms with Crippen molar-refractivity contribution in [1.82, 2.24) is 5.32 Å². The maximum absolute atomic E-state index is 5.70. The van der Waals surface area contributed by atoms with Crippen LogP contribution in [0, 0.1) is 12.8 Å². The predicted molar refractivity (Wildman–Crippen MR) is 61.2 cm³/mol. The van der Waals surface area contributed by atoms with E-state index >= 15 is 0 Å². The van der Waals surface area contributed by atoms with E-state index in [4.69, 9.17) is 5.73 Å². The Morgan fingerprint density at radius 3 is 2.50 bits per heavy atom. The van der Waals surface area contributed by atoms with Gasteiger partial charge in [-0.15, -0.1) is 0 Å². The topological polar surface area (TPSA) is 38.0 Å². The Hall–Kier alpha value is -0.860. The van der Waals surface area contributed by atoms with Gasteiger partial charge in [0.05, 0.1) is 0 Å². The van der Waals surface area contributed by atoms with Crippen molar-refractivity contribution >= 4 is 0 Å². The molecule has 78 valence electrons. The van der Waals surface area contributed by atoms with Gasteiger partial charge in [0.25, 0.3) is 0 Å². The molecule has 2 atom stereocenters. The van der Waals surface area contributed by atoms with Gasteiger partial charge in [0.2, 0.25) is 0 Å². The SMILES string of the molecule is CNC(c1ccccc1C)C(C)CN. The van der Waals surface area contributed by atoms with E-state index in [1.165, 1.54) is 11.1 Å². The summed E-state index contributed by atoms with van der Waals surface area (Å²) in [6.07, 6.45) is 0. The first-order chi connectivity index (χ1) is 6.70. The largest absolute Gasteiger partial charge is 0.330 e. The van der Waals surface area contributed by atoms with Crippen LogP contribution in [-0.2, 0) is 0 Å². The molecule has 1 aromatic rings.